The molecule has 0 fully saturated rings. The van der Waals surface area contributed by atoms with Crippen LogP contribution < -0.4 is 0 Å². The third kappa shape index (κ3) is 5.38. The molecule has 0 atom stereocenters. The lowest BCUT2D eigenvalue weighted by Crippen LogP contribution is -2.00. The smallest absolute Gasteiger partial charge is 0.164 e. The number of nitrogens with zero attached hydrogens (tertiary/aromatic N) is 5. The number of pyridine rings is 1. The van der Waals surface area contributed by atoms with Gasteiger partial charge in [0.05, 0.1) is 21.4 Å². The van der Waals surface area contributed by atoms with Gasteiger partial charge in [-0.05, 0) is 41.5 Å². The number of thiophene rings is 1. The van der Waals surface area contributed by atoms with Crippen LogP contribution in [0.3, 0.4) is 0 Å². The highest BCUT2D eigenvalue weighted by Gasteiger charge is 2.22. The molecule has 0 saturated carbocycles. The number of benzene rings is 7. The van der Waals surface area contributed by atoms with Gasteiger partial charge in [0.25, 0.3) is 0 Å². The third-order valence-electron chi connectivity index (χ3n) is 10.5. The van der Waals surface area contributed by atoms with Crippen LogP contribution in [0.2, 0.25) is 0 Å². The highest BCUT2D eigenvalue weighted by atomic mass is 32.1. The van der Waals surface area contributed by atoms with E-state index < -0.39 is 0 Å². The number of fused-ring (bicyclic) bond motifs is 7. The Bertz CT molecular complexity index is 3170. The minimum absolute atomic E-state index is 0.638. The lowest BCUT2D eigenvalue weighted by Gasteiger charge is -2.11. The fraction of sp³-hybridized carbons (Fsp3) is 0. The maximum Gasteiger partial charge on any atom is 0.164 e. The van der Waals surface area contributed by atoms with E-state index in [2.05, 4.69) is 132 Å². The van der Waals surface area contributed by atoms with Gasteiger partial charge in [-0.25, -0.2) is 19.9 Å². The first kappa shape index (κ1) is 32.2. The van der Waals surface area contributed by atoms with Gasteiger partial charge >= 0.3 is 0 Å². The molecular weight excluding hydrogens is 703 g/mol. The van der Waals surface area contributed by atoms with Crippen molar-refractivity contribution in [1.29, 1.82) is 0 Å². The molecule has 0 aliphatic carbocycles. The molecule has 262 valence electrons. The van der Waals surface area contributed by atoms with Crippen molar-refractivity contribution in [3.05, 3.63) is 188 Å². The molecule has 0 bridgehead atoms. The van der Waals surface area contributed by atoms with Crippen LogP contribution in [0.5, 0.6) is 0 Å². The summed E-state index contributed by atoms with van der Waals surface area (Å²) in [6.45, 7) is 0. The molecule has 6 heteroatoms. The van der Waals surface area contributed by atoms with Crippen molar-refractivity contribution in [3.8, 4) is 62.2 Å². The van der Waals surface area contributed by atoms with Crippen LogP contribution in [0, 0.1) is 0 Å². The lowest BCUT2D eigenvalue weighted by molar-refractivity contribution is 1.07. The molecule has 0 unspecified atom stereocenters. The summed E-state index contributed by atoms with van der Waals surface area (Å²) in [5.41, 5.74) is 10.5. The zero-order valence-corrected chi connectivity index (χ0v) is 30.9. The first-order valence-corrected chi connectivity index (χ1v) is 19.5. The molecule has 0 spiro atoms. The SMILES string of the molecule is c1ccc(-c2nc(-c3ccccc3)nc(-c3cccc(-c4ccc(-n5c6ccccc6c6c7c(sc65)c(-c5ccccc5)nc5ccccc57)cc4)c3)n2)cc1. The van der Waals surface area contributed by atoms with E-state index in [9.17, 15) is 0 Å². The van der Waals surface area contributed by atoms with Crippen LogP contribution in [0.1, 0.15) is 0 Å². The fourth-order valence-electron chi connectivity index (χ4n) is 7.82. The first-order chi connectivity index (χ1) is 27.8. The molecule has 7 aromatic carbocycles. The molecule has 0 aliphatic rings. The summed E-state index contributed by atoms with van der Waals surface area (Å²) in [5, 5.41) is 4.96. The molecule has 0 amide bonds. The number of hydrogen-bond acceptors (Lipinski definition) is 5. The Kier molecular flexibility index (Phi) is 7.60. The Balaban J connectivity index is 1.04. The molecule has 4 heterocycles. The second-order valence-electron chi connectivity index (χ2n) is 13.8. The zero-order chi connectivity index (χ0) is 37.0. The number of para-hydroxylation sites is 2. The van der Waals surface area contributed by atoms with E-state index in [1.807, 2.05) is 72.0 Å². The quantitative estimate of drug-likeness (QED) is 0.171. The Morgan fingerprint density at radius 1 is 0.375 bits per heavy atom. The van der Waals surface area contributed by atoms with E-state index >= 15 is 0 Å². The molecule has 4 aromatic heterocycles. The van der Waals surface area contributed by atoms with Crippen molar-refractivity contribution in [2.24, 2.45) is 0 Å². The molecule has 0 aliphatic heterocycles. The summed E-state index contributed by atoms with van der Waals surface area (Å²) in [6, 6.07) is 65.4. The van der Waals surface area contributed by atoms with Crippen LogP contribution in [-0.2, 0) is 0 Å². The highest BCUT2D eigenvalue weighted by Crippen LogP contribution is 2.47. The van der Waals surface area contributed by atoms with Crippen molar-refractivity contribution >= 4 is 53.4 Å². The van der Waals surface area contributed by atoms with Crippen LogP contribution >= 0.6 is 11.3 Å². The van der Waals surface area contributed by atoms with E-state index in [4.69, 9.17) is 19.9 Å². The predicted octanol–water partition coefficient (Wildman–Crippen LogP) is 13.1. The molecule has 0 saturated heterocycles. The second kappa shape index (κ2) is 13.2. The summed E-state index contributed by atoms with van der Waals surface area (Å²) in [6.07, 6.45) is 0. The van der Waals surface area contributed by atoms with Crippen LogP contribution in [0.15, 0.2) is 188 Å². The van der Waals surface area contributed by atoms with Gasteiger partial charge in [0.15, 0.2) is 17.5 Å². The summed E-state index contributed by atoms with van der Waals surface area (Å²) in [5.74, 6) is 1.93. The van der Waals surface area contributed by atoms with Gasteiger partial charge in [-0.3, -0.25) is 0 Å². The van der Waals surface area contributed by atoms with Gasteiger partial charge in [-0.2, -0.15) is 0 Å². The minimum atomic E-state index is 0.638. The average molecular weight is 734 g/mol. The topological polar surface area (TPSA) is 56.5 Å². The van der Waals surface area contributed by atoms with Crippen molar-refractivity contribution in [2.45, 2.75) is 0 Å². The molecular formula is C50H31N5S. The molecule has 0 N–H and O–H groups in total. The van der Waals surface area contributed by atoms with E-state index in [0.29, 0.717) is 17.5 Å². The lowest BCUT2D eigenvalue weighted by atomic mass is 10.0. The number of aromatic nitrogens is 5. The molecule has 5 nitrogen and oxygen atoms in total. The normalized spacial score (nSPS) is 11.6. The van der Waals surface area contributed by atoms with E-state index in [1.165, 1.54) is 36.6 Å². The Hall–Kier alpha value is -7.28. The Morgan fingerprint density at radius 3 is 1.59 bits per heavy atom. The van der Waals surface area contributed by atoms with E-state index in [0.717, 1.165) is 50.3 Å². The van der Waals surface area contributed by atoms with Gasteiger partial charge in [0.2, 0.25) is 0 Å². The fourth-order valence-corrected chi connectivity index (χ4v) is 9.20. The van der Waals surface area contributed by atoms with E-state index in [1.54, 1.807) is 0 Å². The van der Waals surface area contributed by atoms with Crippen LogP contribution in [0.25, 0.3) is 104 Å². The number of rotatable bonds is 6. The standard InChI is InChI=1S/C50H31N5S/c1-4-15-33(16-5-1)45-46-43(39-23-10-12-25-41(39)51-45)44-40-24-11-13-26-42(40)55(50(44)56-46)38-29-27-32(28-30-38)36-21-14-22-37(31-36)49-53-47(34-17-6-2-7-18-34)52-48(54-49)35-19-8-3-9-20-35/h1-31H. The van der Waals surface area contributed by atoms with Crippen molar-refractivity contribution < 1.29 is 0 Å². The third-order valence-corrected chi connectivity index (χ3v) is 11.6. The summed E-state index contributed by atoms with van der Waals surface area (Å²) in [4.78, 5) is 21.3. The average Bonchev–Trinajstić information content (AvgIpc) is 3.82. The maximum atomic E-state index is 5.23. The van der Waals surface area contributed by atoms with E-state index in [-0.39, 0.29) is 0 Å². The largest absolute Gasteiger partial charge is 0.301 e. The van der Waals surface area contributed by atoms with Gasteiger partial charge < -0.3 is 4.57 Å². The maximum absolute atomic E-state index is 5.23. The first-order valence-electron chi connectivity index (χ1n) is 18.6. The van der Waals surface area contributed by atoms with Gasteiger partial charge in [-0.15, -0.1) is 11.3 Å². The second-order valence-corrected chi connectivity index (χ2v) is 14.8. The minimum Gasteiger partial charge on any atom is -0.301 e. The molecule has 0 radical (unpaired) electrons. The Morgan fingerprint density at radius 2 is 0.911 bits per heavy atom. The van der Waals surface area contributed by atoms with Crippen molar-refractivity contribution in [3.63, 3.8) is 0 Å². The molecule has 11 aromatic rings. The highest BCUT2D eigenvalue weighted by molar-refractivity contribution is 7.26. The molecule has 56 heavy (non-hydrogen) atoms. The zero-order valence-electron chi connectivity index (χ0n) is 30.0. The van der Waals surface area contributed by atoms with Gasteiger partial charge in [0, 0.05) is 49.5 Å². The summed E-state index contributed by atoms with van der Waals surface area (Å²) in [7, 11) is 0. The Labute approximate surface area is 326 Å². The molecule has 11 rings (SSSR count). The van der Waals surface area contributed by atoms with Crippen molar-refractivity contribution in [1.82, 2.24) is 24.5 Å². The van der Waals surface area contributed by atoms with Crippen LogP contribution in [0.4, 0.5) is 0 Å². The van der Waals surface area contributed by atoms with Crippen molar-refractivity contribution in [2.75, 3.05) is 0 Å². The predicted molar refractivity (Wildman–Crippen MR) is 232 cm³/mol. The summed E-state index contributed by atoms with van der Waals surface area (Å²) >= 11 is 1.83. The van der Waals surface area contributed by atoms with Gasteiger partial charge in [0.1, 0.15) is 4.83 Å². The number of hydrogen-bond donors (Lipinski definition) is 0. The van der Waals surface area contributed by atoms with Crippen LogP contribution in [-0.4, -0.2) is 24.5 Å². The summed E-state index contributed by atoms with van der Waals surface area (Å²) < 4.78 is 3.62. The van der Waals surface area contributed by atoms with Gasteiger partial charge in [-0.1, -0.05) is 158 Å². The monoisotopic (exact) mass is 733 g/mol.